The zero-order valence-electron chi connectivity index (χ0n) is 19.7. The first-order valence-electron chi connectivity index (χ1n) is 10.7. The van der Waals surface area contributed by atoms with Crippen molar-refractivity contribution >= 4 is 23.9 Å². The van der Waals surface area contributed by atoms with E-state index >= 15 is 0 Å². The highest BCUT2D eigenvalue weighted by atomic mass is 16.6. The highest BCUT2D eigenvalue weighted by molar-refractivity contribution is 5.92. The van der Waals surface area contributed by atoms with Crippen LogP contribution in [0.15, 0.2) is 30.3 Å². The van der Waals surface area contributed by atoms with Crippen LogP contribution in [0.5, 0.6) is 0 Å². The van der Waals surface area contributed by atoms with E-state index in [1.807, 2.05) is 30.3 Å². The van der Waals surface area contributed by atoms with Gasteiger partial charge in [-0.1, -0.05) is 44.2 Å². The topological polar surface area (TPSA) is 123 Å². The molecule has 1 aromatic carbocycles. The molecular formula is C23H35N3O6. The van der Waals surface area contributed by atoms with Crippen molar-refractivity contribution in [1.29, 1.82) is 0 Å². The molecule has 1 aromatic rings. The number of amides is 3. The lowest BCUT2D eigenvalue weighted by Crippen LogP contribution is -2.56. The molecule has 9 nitrogen and oxygen atoms in total. The van der Waals surface area contributed by atoms with Crippen LogP contribution in [-0.2, 0) is 30.3 Å². The van der Waals surface area contributed by atoms with Gasteiger partial charge in [-0.25, -0.2) is 4.79 Å². The minimum absolute atomic E-state index is 0.205. The summed E-state index contributed by atoms with van der Waals surface area (Å²) in [5, 5.41) is 7.75. The van der Waals surface area contributed by atoms with Crippen LogP contribution in [0, 0.1) is 5.92 Å². The van der Waals surface area contributed by atoms with Crippen LogP contribution < -0.4 is 16.0 Å². The Kier molecular flexibility index (Phi) is 10.7. The average Bonchev–Trinajstić information content (AvgIpc) is 2.69. The van der Waals surface area contributed by atoms with Gasteiger partial charge in [-0.3, -0.25) is 14.4 Å². The van der Waals surface area contributed by atoms with Crippen molar-refractivity contribution in [3.8, 4) is 0 Å². The minimum atomic E-state index is -0.966. The number of nitrogens with one attached hydrogen (secondary N) is 3. The van der Waals surface area contributed by atoms with Crippen molar-refractivity contribution in [2.75, 3.05) is 13.2 Å². The Bertz CT molecular complexity index is 774. The number of carbonyl (C=O) groups is 4. The minimum Gasteiger partial charge on any atom is -0.465 e. The number of hydrogen-bond acceptors (Lipinski definition) is 6. The van der Waals surface area contributed by atoms with Crippen molar-refractivity contribution in [2.24, 2.45) is 5.92 Å². The van der Waals surface area contributed by atoms with E-state index in [4.69, 9.17) is 9.47 Å². The molecule has 3 amide bonds. The molecule has 0 aliphatic carbocycles. The van der Waals surface area contributed by atoms with Gasteiger partial charge >= 0.3 is 12.1 Å². The normalized spacial score (nSPS) is 13.0. The first-order chi connectivity index (χ1) is 14.9. The molecule has 0 spiro atoms. The third kappa shape index (κ3) is 10.3. The van der Waals surface area contributed by atoms with Crippen molar-refractivity contribution in [3.05, 3.63) is 35.9 Å². The average molecular weight is 450 g/mol. The number of rotatable bonds is 10. The molecular weight excluding hydrogens is 414 g/mol. The fourth-order valence-electron chi connectivity index (χ4n) is 2.78. The largest absolute Gasteiger partial charge is 0.465 e. The fraction of sp³-hybridized carbons (Fsp3) is 0.565. The third-order valence-corrected chi connectivity index (χ3v) is 4.25. The molecule has 2 atom stereocenters. The summed E-state index contributed by atoms with van der Waals surface area (Å²) in [6.07, 6.45) is -0.525. The highest BCUT2D eigenvalue weighted by Crippen LogP contribution is 2.10. The molecule has 0 unspecified atom stereocenters. The summed E-state index contributed by atoms with van der Waals surface area (Å²) in [5.41, 5.74) is 0.0993. The molecule has 0 bridgehead atoms. The van der Waals surface area contributed by atoms with Crippen LogP contribution in [0.3, 0.4) is 0 Å². The monoisotopic (exact) mass is 449 g/mol. The molecule has 178 valence electrons. The van der Waals surface area contributed by atoms with E-state index in [2.05, 4.69) is 16.0 Å². The number of alkyl carbamates (subject to hydrolysis) is 1. The van der Waals surface area contributed by atoms with Gasteiger partial charge in [0.1, 0.15) is 24.2 Å². The summed E-state index contributed by atoms with van der Waals surface area (Å²) in [5.74, 6) is -1.88. The van der Waals surface area contributed by atoms with Gasteiger partial charge in [0.2, 0.25) is 11.8 Å². The summed E-state index contributed by atoms with van der Waals surface area (Å²) >= 11 is 0. The molecule has 0 aliphatic heterocycles. The Balaban J connectivity index is 2.93. The predicted octanol–water partition coefficient (Wildman–Crippen LogP) is 1.94. The quantitative estimate of drug-likeness (QED) is 0.469. The summed E-state index contributed by atoms with van der Waals surface area (Å²) < 4.78 is 10.1. The maximum Gasteiger partial charge on any atom is 0.408 e. The van der Waals surface area contributed by atoms with E-state index in [1.54, 1.807) is 41.5 Å². The van der Waals surface area contributed by atoms with Gasteiger partial charge in [-0.05, 0) is 39.2 Å². The molecule has 0 saturated heterocycles. The van der Waals surface area contributed by atoms with E-state index in [1.165, 1.54) is 0 Å². The van der Waals surface area contributed by atoms with Gasteiger partial charge in [0.05, 0.1) is 6.61 Å². The van der Waals surface area contributed by atoms with Gasteiger partial charge in [0, 0.05) is 6.42 Å². The predicted molar refractivity (Wildman–Crippen MR) is 120 cm³/mol. The molecule has 0 saturated carbocycles. The SMILES string of the molecule is CCOC(=O)CNC(=O)[C@@H](NC(=O)[C@H](Cc1ccccc1)NC(=O)OC(C)(C)C)C(C)C. The Morgan fingerprint density at radius 2 is 1.59 bits per heavy atom. The van der Waals surface area contributed by atoms with E-state index in [-0.39, 0.29) is 25.5 Å². The molecule has 3 N–H and O–H groups in total. The number of ether oxygens (including phenoxy) is 2. The lowest BCUT2D eigenvalue weighted by atomic mass is 10.0. The molecule has 0 aromatic heterocycles. The van der Waals surface area contributed by atoms with Crippen LogP contribution in [0.4, 0.5) is 4.79 Å². The maximum absolute atomic E-state index is 13.1. The van der Waals surface area contributed by atoms with Crippen LogP contribution in [-0.4, -0.2) is 54.7 Å². The van der Waals surface area contributed by atoms with Crippen molar-refractivity contribution in [3.63, 3.8) is 0 Å². The first-order valence-corrected chi connectivity index (χ1v) is 10.7. The van der Waals surface area contributed by atoms with Crippen molar-refractivity contribution in [1.82, 2.24) is 16.0 Å². The zero-order chi connectivity index (χ0) is 24.3. The second-order valence-corrected chi connectivity index (χ2v) is 8.64. The third-order valence-electron chi connectivity index (χ3n) is 4.25. The number of carbonyl (C=O) groups excluding carboxylic acids is 4. The molecule has 0 fully saturated rings. The van der Waals surface area contributed by atoms with Crippen LogP contribution >= 0.6 is 0 Å². The molecule has 0 radical (unpaired) electrons. The summed E-state index contributed by atoms with van der Waals surface area (Å²) in [7, 11) is 0. The standard InChI is InChI=1S/C23H35N3O6/c1-7-31-18(27)14-24-21(29)19(15(2)3)26-20(28)17(13-16-11-9-8-10-12-16)25-22(30)32-23(4,5)6/h8-12,15,17,19H,7,13-14H2,1-6H3,(H,24,29)(H,25,30)(H,26,28)/t17-,19-/m0/s1. The van der Waals surface area contributed by atoms with Crippen molar-refractivity contribution < 1.29 is 28.7 Å². The molecule has 1 rings (SSSR count). The summed E-state index contributed by atoms with van der Waals surface area (Å²) in [6, 6.07) is 7.31. The number of hydrogen-bond donors (Lipinski definition) is 3. The number of benzene rings is 1. The second-order valence-electron chi connectivity index (χ2n) is 8.64. The Hall–Kier alpha value is -3.10. The van der Waals surface area contributed by atoms with Crippen LogP contribution in [0.2, 0.25) is 0 Å². The molecule has 32 heavy (non-hydrogen) atoms. The summed E-state index contributed by atoms with van der Waals surface area (Å²) in [4.78, 5) is 49.5. The highest BCUT2D eigenvalue weighted by Gasteiger charge is 2.30. The van der Waals surface area contributed by atoms with Gasteiger partial charge in [-0.2, -0.15) is 0 Å². The van der Waals surface area contributed by atoms with Gasteiger partial charge in [0.15, 0.2) is 0 Å². The first kappa shape index (κ1) is 26.9. The Labute approximate surface area is 189 Å². The second kappa shape index (κ2) is 12.7. The van der Waals surface area contributed by atoms with E-state index in [0.717, 1.165) is 5.56 Å². The van der Waals surface area contributed by atoms with Crippen molar-refractivity contribution in [2.45, 2.75) is 65.6 Å². The van der Waals surface area contributed by atoms with Crippen LogP contribution in [0.1, 0.15) is 47.1 Å². The molecule has 0 heterocycles. The lowest BCUT2D eigenvalue weighted by Gasteiger charge is -2.26. The maximum atomic E-state index is 13.1. The van der Waals surface area contributed by atoms with E-state index in [9.17, 15) is 19.2 Å². The van der Waals surface area contributed by atoms with Gasteiger partial charge in [-0.15, -0.1) is 0 Å². The zero-order valence-corrected chi connectivity index (χ0v) is 19.7. The molecule has 0 aliphatic rings. The smallest absolute Gasteiger partial charge is 0.408 e. The molecule has 9 heteroatoms. The lowest BCUT2D eigenvalue weighted by molar-refractivity contribution is -0.143. The van der Waals surface area contributed by atoms with E-state index in [0.29, 0.717) is 0 Å². The van der Waals surface area contributed by atoms with Crippen LogP contribution in [0.25, 0.3) is 0 Å². The van der Waals surface area contributed by atoms with Gasteiger partial charge < -0.3 is 25.4 Å². The Morgan fingerprint density at radius 3 is 2.12 bits per heavy atom. The Morgan fingerprint density at radius 1 is 0.969 bits per heavy atom. The summed E-state index contributed by atoms with van der Waals surface area (Å²) in [6.45, 7) is 10.3. The fourth-order valence-corrected chi connectivity index (χ4v) is 2.78. The number of esters is 1. The van der Waals surface area contributed by atoms with Gasteiger partial charge in [0.25, 0.3) is 0 Å². The van der Waals surface area contributed by atoms with E-state index < -0.39 is 41.6 Å².